The van der Waals surface area contributed by atoms with Crippen LogP contribution in [-0.2, 0) is 8.95 Å². The number of carbonyl (C=O) groups is 1. The van der Waals surface area contributed by atoms with Gasteiger partial charge < -0.3 is 0 Å². The van der Waals surface area contributed by atoms with Crippen LogP contribution in [0.25, 0.3) is 0 Å². The van der Waals surface area contributed by atoms with Crippen molar-refractivity contribution in [3.8, 4) is 0 Å². The number of fused-ring (bicyclic) bond motifs is 2. The number of para-hydroxylation sites is 1. The van der Waals surface area contributed by atoms with E-state index in [4.69, 9.17) is 5.10 Å². The Morgan fingerprint density at radius 3 is 1.73 bits per heavy atom. The lowest BCUT2D eigenvalue weighted by atomic mass is 9.82. The third kappa shape index (κ3) is 4.41. The van der Waals surface area contributed by atoms with Crippen molar-refractivity contribution in [3.05, 3.63) is 170 Å². The largest absolute Gasteiger partial charge is 0.286 e. The number of halogens is 2. The zero-order chi connectivity index (χ0) is 28.0. The number of rotatable bonds is 5. The number of hydrogen-bond acceptors (Lipinski definition) is 5. The number of hydrazone groups is 1. The molecule has 3 nitrogen and oxygen atoms in total. The Labute approximate surface area is 264 Å². The van der Waals surface area contributed by atoms with Crippen LogP contribution in [0.4, 0.5) is 5.69 Å². The van der Waals surface area contributed by atoms with Gasteiger partial charge in [-0.2, -0.15) is 5.10 Å². The van der Waals surface area contributed by atoms with Gasteiger partial charge in [0.1, 0.15) is 0 Å². The Hall–Kier alpha value is -3.10. The lowest BCUT2D eigenvalue weighted by Gasteiger charge is -2.37. The maximum atomic E-state index is 13.9. The summed E-state index contributed by atoms with van der Waals surface area (Å²) in [7, 11) is 0. The molecule has 0 N–H and O–H groups in total. The van der Waals surface area contributed by atoms with E-state index in [9.17, 15) is 4.79 Å². The molecule has 0 saturated heterocycles. The van der Waals surface area contributed by atoms with Crippen LogP contribution in [0.15, 0.2) is 148 Å². The first-order valence-corrected chi connectivity index (χ1v) is 16.3. The Morgan fingerprint density at radius 2 is 1.15 bits per heavy atom. The molecule has 0 fully saturated rings. The van der Waals surface area contributed by atoms with E-state index in [1.165, 1.54) is 17.3 Å². The van der Waals surface area contributed by atoms with Crippen molar-refractivity contribution in [2.24, 2.45) is 5.10 Å². The molecule has 1 spiro atoms. The maximum Gasteiger partial charge on any atom is 0.219 e. The van der Waals surface area contributed by atoms with E-state index < -0.39 is 8.95 Å². The molecule has 0 unspecified atom stereocenters. The Bertz CT molecular complexity index is 1730. The number of Topliss-reactive ketones (excluding diaryl/α,β-unsaturated/α-hetero) is 1. The van der Waals surface area contributed by atoms with Gasteiger partial charge in [-0.3, -0.25) is 4.79 Å². The van der Waals surface area contributed by atoms with Crippen molar-refractivity contribution in [1.82, 2.24) is 0 Å². The first-order chi connectivity index (χ1) is 20.0. The van der Waals surface area contributed by atoms with Crippen molar-refractivity contribution in [3.63, 3.8) is 0 Å². The van der Waals surface area contributed by atoms with E-state index in [0.717, 1.165) is 31.3 Å². The average molecular weight is 699 g/mol. The minimum absolute atomic E-state index is 0.0729. The van der Waals surface area contributed by atoms with Crippen LogP contribution in [0, 0.1) is 0 Å². The fourth-order valence-corrected chi connectivity index (χ4v) is 9.69. The molecule has 7 heteroatoms. The molecule has 41 heavy (non-hydrogen) atoms. The number of benzene rings is 5. The van der Waals surface area contributed by atoms with Crippen LogP contribution in [0.1, 0.15) is 32.6 Å². The summed E-state index contributed by atoms with van der Waals surface area (Å²) in [6.45, 7) is 0. The smallest absolute Gasteiger partial charge is 0.219 e. The van der Waals surface area contributed by atoms with E-state index in [2.05, 4.69) is 122 Å². The first-order valence-electron chi connectivity index (χ1n) is 13.1. The normalized spacial score (nSPS) is 18.8. The highest BCUT2D eigenvalue weighted by molar-refractivity contribution is 9.10. The highest BCUT2D eigenvalue weighted by Crippen LogP contribution is 2.71. The molecule has 0 aromatic heterocycles. The second kappa shape index (κ2) is 10.6. The predicted molar refractivity (Wildman–Crippen MR) is 179 cm³/mol. The summed E-state index contributed by atoms with van der Waals surface area (Å²) in [4.78, 5) is 13.9. The first kappa shape index (κ1) is 26.8. The maximum absolute atomic E-state index is 13.9. The van der Waals surface area contributed by atoms with Gasteiger partial charge in [0, 0.05) is 20.1 Å². The minimum atomic E-state index is -0.724. The van der Waals surface area contributed by atoms with Crippen molar-refractivity contribution >= 4 is 71.9 Å². The second-order valence-electron chi connectivity index (χ2n) is 9.77. The summed E-state index contributed by atoms with van der Waals surface area (Å²) in [5.74, 6) is -0.0729. The zero-order valence-electron chi connectivity index (χ0n) is 21.6. The fraction of sp³-hybridized carbons (Fsp3) is 0.0588. The van der Waals surface area contributed by atoms with Gasteiger partial charge in [0.2, 0.25) is 5.78 Å². The van der Waals surface area contributed by atoms with Crippen molar-refractivity contribution in [1.29, 1.82) is 0 Å². The molecule has 5 aromatic carbocycles. The number of nitrogens with zero attached hydrogens (tertiary/aromatic N) is 2. The quantitative estimate of drug-likeness (QED) is 0.171. The second-order valence-corrected chi connectivity index (χ2v) is 14.5. The summed E-state index contributed by atoms with van der Waals surface area (Å²) in [5.41, 5.74) is 6.20. The molecule has 0 radical (unpaired) electrons. The van der Waals surface area contributed by atoms with Gasteiger partial charge in [-0.1, -0.05) is 152 Å². The third-order valence-corrected chi connectivity index (χ3v) is 11.7. The highest BCUT2D eigenvalue weighted by atomic mass is 79.9. The van der Waals surface area contributed by atoms with Crippen molar-refractivity contribution in [2.75, 3.05) is 5.01 Å². The van der Waals surface area contributed by atoms with Crippen LogP contribution in [0.5, 0.6) is 0 Å². The number of thioether (sulfide) groups is 2. The minimum Gasteiger partial charge on any atom is -0.286 e. The Morgan fingerprint density at radius 1 is 0.634 bits per heavy atom. The van der Waals surface area contributed by atoms with Gasteiger partial charge in [0.05, 0.1) is 10.4 Å². The molecule has 2 aliphatic rings. The molecule has 5 aromatic rings. The molecule has 0 saturated carbocycles. The summed E-state index contributed by atoms with van der Waals surface area (Å²) >= 11 is 10.6. The topological polar surface area (TPSA) is 32.7 Å². The van der Waals surface area contributed by atoms with E-state index in [1.54, 1.807) is 0 Å². The molecular weight excluding hydrogens is 676 g/mol. The average Bonchev–Trinajstić information content (AvgIpc) is 3.55. The van der Waals surface area contributed by atoms with Crippen LogP contribution in [0.2, 0.25) is 0 Å². The number of carbonyl (C=O) groups excluding carboxylic acids is 1. The number of ketones is 1. The van der Waals surface area contributed by atoms with Gasteiger partial charge in [-0.25, -0.2) is 5.01 Å². The summed E-state index contributed by atoms with van der Waals surface area (Å²) in [5, 5.41) is 7.61. The predicted octanol–water partition coefficient (Wildman–Crippen LogP) is 9.81. The van der Waals surface area contributed by atoms with Crippen molar-refractivity contribution < 1.29 is 4.79 Å². The number of hydrogen-bond donors (Lipinski definition) is 0. The van der Waals surface area contributed by atoms with Crippen molar-refractivity contribution in [2.45, 2.75) is 8.95 Å². The van der Waals surface area contributed by atoms with E-state index in [1.807, 2.05) is 60.3 Å². The van der Waals surface area contributed by atoms with Crippen LogP contribution >= 0.6 is 55.4 Å². The standard InChI is InChI=1S/C34H22Br2N2OS2/c35-26-19-15-24(16-20-26)33(25-17-21-27(36)22-18-25)29-13-7-8-14-30(29)34(41-33)38(28-11-5-2-6-12-28)37-32(40-34)31(39)23-9-3-1-4-10-23/h1-22H/t34-/m1/s1. The summed E-state index contributed by atoms with van der Waals surface area (Å²) in [6.07, 6.45) is 0. The summed E-state index contributed by atoms with van der Waals surface area (Å²) in [6, 6.07) is 45.3. The molecule has 2 aliphatic heterocycles. The third-order valence-electron chi connectivity index (χ3n) is 7.38. The van der Waals surface area contributed by atoms with Gasteiger partial charge >= 0.3 is 0 Å². The van der Waals surface area contributed by atoms with Crippen LogP contribution < -0.4 is 5.01 Å². The highest BCUT2D eigenvalue weighted by Gasteiger charge is 2.61. The van der Waals surface area contributed by atoms with E-state index in [-0.39, 0.29) is 5.78 Å². The summed E-state index contributed by atoms with van der Waals surface area (Å²) < 4.78 is 0.772. The fourth-order valence-electron chi connectivity index (χ4n) is 5.53. The van der Waals surface area contributed by atoms with Gasteiger partial charge in [-0.15, -0.1) is 0 Å². The molecule has 0 amide bonds. The van der Waals surface area contributed by atoms with Gasteiger partial charge in [-0.05, 0) is 53.1 Å². The lowest BCUT2D eigenvalue weighted by molar-refractivity contribution is 0.106. The molecule has 0 bridgehead atoms. The molecule has 200 valence electrons. The van der Waals surface area contributed by atoms with Crippen LogP contribution in [-0.4, -0.2) is 10.8 Å². The number of anilines is 1. The Kier molecular flexibility index (Phi) is 6.94. The molecular formula is C34H22Br2N2OS2. The van der Waals surface area contributed by atoms with Gasteiger partial charge in [0.25, 0.3) is 0 Å². The Balaban J connectivity index is 1.48. The van der Waals surface area contributed by atoms with E-state index in [0.29, 0.717) is 10.6 Å². The zero-order valence-corrected chi connectivity index (χ0v) is 26.4. The molecule has 0 aliphatic carbocycles. The molecule has 2 heterocycles. The monoisotopic (exact) mass is 696 g/mol. The van der Waals surface area contributed by atoms with Gasteiger partial charge in [0.15, 0.2) is 9.25 Å². The molecule has 1 atom stereocenters. The van der Waals surface area contributed by atoms with E-state index >= 15 is 0 Å². The molecule has 7 rings (SSSR count). The van der Waals surface area contributed by atoms with Crippen LogP contribution in [0.3, 0.4) is 0 Å². The lowest BCUT2D eigenvalue weighted by Crippen LogP contribution is -2.34. The SMILES string of the molecule is O=C(C1=NN(c2ccccc2)[C@]2(S1)SC(c1ccc(Br)cc1)(c1ccc(Br)cc1)c1ccccc12)c1ccccc1.